The van der Waals surface area contributed by atoms with Crippen LogP contribution in [0.2, 0.25) is 0 Å². The summed E-state index contributed by atoms with van der Waals surface area (Å²) in [7, 11) is -3.44. The van der Waals surface area contributed by atoms with Gasteiger partial charge in [0.2, 0.25) is 0 Å². The Morgan fingerprint density at radius 3 is 2.54 bits per heavy atom. The zero-order valence-electron chi connectivity index (χ0n) is 14.6. The highest BCUT2D eigenvalue weighted by Crippen LogP contribution is 2.28. The van der Waals surface area contributed by atoms with Gasteiger partial charge in [0.1, 0.15) is 11.4 Å². The molecule has 1 aromatic heterocycles. The summed E-state index contributed by atoms with van der Waals surface area (Å²) in [5.74, 6) is -0.660. The Hall–Kier alpha value is -2.80. The van der Waals surface area contributed by atoms with Crippen LogP contribution in [0.15, 0.2) is 53.4 Å². The standard InChI is InChI=1S/C19H20N2O4S/c1-3-21-16-8-6-5-7-13(16)11-17(21)19(23)20-15-12-14(9-10-18(15)22)26(24,25)4-2/h5-12,22H,3-4H2,1-2H3,(H,20,23). The fourth-order valence-electron chi connectivity index (χ4n) is 2.90. The third-order valence-corrected chi connectivity index (χ3v) is 6.05. The number of hydrogen-bond acceptors (Lipinski definition) is 4. The number of hydrogen-bond donors (Lipinski definition) is 2. The van der Waals surface area contributed by atoms with Crippen molar-refractivity contribution < 1.29 is 18.3 Å². The third kappa shape index (κ3) is 3.17. The van der Waals surface area contributed by atoms with Gasteiger partial charge < -0.3 is 15.0 Å². The molecule has 0 atom stereocenters. The lowest BCUT2D eigenvalue weighted by Crippen LogP contribution is -2.17. The number of benzene rings is 2. The molecule has 2 N–H and O–H groups in total. The first kappa shape index (κ1) is 18.0. The van der Waals surface area contributed by atoms with Crippen LogP contribution in [0.3, 0.4) is 0 Å². The van der Waals surface area contributed by atoms with E-state index in [1.807, 2.05) is 35.8 Å². The molecule has 0 saturated carbocycles. The van der Waals surface area contributed by atoms with E-state index in [-0.39, 0.29) is 22.1 Å². The molecule has 3 rings (SSSR count). The minimum Gasteiger partial charge on any atom is -0.506 e. The highest BCUT2D eigenvalue weighted by molar-refractivity contribution is 7.91. The number of fused-ring (bicyclic) bond motifs is 1. The maximum absolute atomic E-state index is 12.8. The van der Waals surface area contributed by atoms with Crippen LogP contribution in [0.5, 0.6) is 5.75 Å². The summed E-state index contributed by atoms with van der Waals surface area (Å²) in [4.78, 5) is 12.8. The number of amides is 1. The molecule has 2 aromatic carbocycles. The number of phenolic OH excluding ortho intramolecular Hbond substituents is 1. The number of rotatable bonds is 5. The molecule has 26 heavy (non-hydrogen) atoms. The van der Waals surface area contributed by atoms with Crippen molar-refractivity contribution in [1.29, 1.82) is 0 Å². The Morgan fingerprint density at radius 1 is 1.12 bits per heavy atom. The molecule has 7 heteroatoms. The van der Waals surface area contributed by atoms with Crippen molar-refractivity contribution in [1.82, 2.24) is 4.57 Å². The van der Waals surface area contributed by atoms with Crippen LogP contribution in [-0.2, 0) is 16.4 Å². The summed E-state index contributed by atoms with van der Waals surface area (Å²) in [6, 6.07) is 13.3. The molecule has 0 aliphatic heterocycles. The lowest BCUT2D eigenvalue weighted by molar-refractivity contribution is 0.101. The fourth-order valence-corrected chi connectivity index (χ4v) is 3.81. The summed E-state index contributed by atoms with van der Waals surface area (Å²) < 4.78 is 25.9. The minimum absolute atomic E-state index is 0.0594. The third-order valence-electron chi connectivity index (χ3n) is 4.31. The van der Waals surface area contributed by atoms with Gasteiger partial charge in [-0.1, -0.05) is 25.1 Å². The van der Waals surface area contributed by atoms with Crippen LogP contribution >= 0.6 is 0 Å². The number of phenols is 1. The van der Waals surface area contributed by atoms with Gasteiger partial charge in [-0.15, -0.1) is 0 Å². The lowest BCUT2D eigenvalue weighted by atomic mass is 10.2. The Balaban J connectivity index is 2.00. The predicted molar refractivity (Wildman–Crippen MR) is 101 cm³/mol. The van der Waals surface area contributed by atoms with Crippen LogP contribution in [0.1, 0.15) is 24.3 Å². The molecule has 136 valence electrons. The van der Waals surface area contributed by atoms with E-state index in [9.17, 15) is 18.3 Å². The number of aromatic nitrogens is 1. The number of aromatic hydroxyl groups is 1. The molecule has 0 aliphatic carbocycles. The van der Waals surface area contributed by atoms with E-state index < -0.39 is 15.7 Å². The minimum atomic E-state index is -3.44. The van der Waals surface area contributed by atoms with Crippen molar-refractivity contribution in [3.63, 3.8) is 0 Å². The van der Waals surface area contributed by atoms with Crippen LogP contribution < -0.4 is 5.32 Å². The number of carbonyl (C=O) groups excluding carboxylic acids is 1. The highest BCUT2D eigenvalue weighted by Gasteiger charge is 2.18. The van der Waals surface area contributed by atoms with Gasteiger partial charge in [-0.05, 0) is 37.3 Å². The van der Waals surface area contributed by atoms with Crippen LogP contribution in [0.4, 0.5) is 5.69 Å². The number of carbonyl (C=O) groups is 1. The first-order chi connectivity index (χ1) is 12.4. The fraction of sp³-hybridized carbons (Fsp3) is 0.211. The molecule has 0 aliphatic rings. The lowest BCUT2D eigenvalue weighted by Gasteiger charge is -2.11. The van der Waals surface area contributed by atoms with Crippen molar-refractivity contribution in [2.24, 2.45) is 0 Å². The number of nitrogens with one attached hydrogen (secondary N) is 1. The smallest absolute Gasteiger partial charge is 0.272 e. The van der Waals surface area contributed by atoms with Gasteiger partial charge in [0.15, 0.2) is 9.84 Å². The first-order valence-electron chi connectivity index (χ1n) is 8.32. The number of sulfone groups is 1. The van der Waals surface area contributed by atoms with E-state index in [0.717, 1.165) is 10.9 Å². The van der Waals surface area contributed by atoms with Crippen LogP contribution in [0.25, 0.3) is 10.9 Å². The van der Waals surface area contributed by atoms with Crippen molar-refractivity contribution >= 4 is 32.3 Å². The second-order valence-electron chi connectivity index (χ2n) is 5.87. The molecule has 0 bridgehead atoms. The molecule has 3 aromatic rings. The Bertz CT molecular complexity index is 1080. The van der Waals surface area contributed by atoms with Crippen LogP contribution in [0, 0.1) is 0 Å². The van der Waals surface area contributed by atoms with Gasteiger partial charge in [-0.3, -0.25) is 4.79 Å². The normalized spacial score (nSPS) is 11.6. The SMILES string of the molecule is CCn1c(C(=O)Nc2cc(S(=O)(=O)CC)ccc2O)cc2ccccc21. The maximum atomic E-state index is 12.8. The van der Waals surface area contributed by atoms with Gasteiger partial charge >= 0.3 is 0 Å². The molecule has 0 spiro atoms. The average Bonchev–Trinajstić information content (AvgIpc) is 3.02. The van der Waals surface area contributed by atoms with E-state index in [4.69, 9.17) is 0 Å². The van der Waals surface area contributed by atoms with Crippen molar-refractivity contribution in [3.05, 3.63) is 54.2 Å². The van der Waals surface area contributed by atoms with Crippen molar-refractivity contribution in [2.75, 3.05) is 11.1 Å². The summed E-state index contributed by atoms with van der Waals surface area (Å²) in [5.41, 5.74) is 1.45. The molecular formula is C19H20N2O4S. The maximum Gasteiger partial charge on any atom is 0.272 e. The topological polar surface area (TPSA) is 88.4 Å². The molecule has 0 saturated heterocycles. The van der Waals surface area contributed by atoms with Crippen molar-refractivity contribution in [3.8, 4) is 5.75 Å². The molecule has 0 radical (unpaired) electrons. The van der Waals surface area contributed by atoms with E-state index in [0.29, 0.717) is 12.2 Å². The first-order valence-corrected chi connectivity index (χ1v) is 9.98. The predicted octanol–water partition coefficient (Wildman–Crippen LogP) is 3.41. The van der Waals surface area contributed by atoms with Gasteiger partial charge in [-0.25, -0.2) is 8.42 Å². The second-order valence-corrected chi connectivity index (χ2v) is 8.15. The van der Waals surface area contributed by atoms with E-state index in [1.165, 1.54) is 18.2 Å². The molecule has 0 fully saturated rings. The molecule has 0 unspecified atom stereocenters. The summed E-state index contributed by atoms with van der Waals surface area (Å²) in [6.45, 7) is 4.09. The number of anilines is 1. The van der Waals surface area contributed by atoms with Crippen LogP contribution in [-0.4, -0.2) is 29.8 Å². The second kappa shape index (κ2) is 6.84. The van der Waals surface area contributed by atoms with E-state index in [2.05, 4.69) is 5.32 Å². The monoisotopic (exact) mass is 372 g/mol. The average molecular weight is 372 g/mol. The van der Waals surface area contributed by atoms with Crippen molar-refractivity contribution in [2.45, 2.75) is 25.3 Å². The highest BCUT2D eigenvalue weighted by atomic mass is 32.2. The molecule has 1 heterocycles. The zero-order valence-corrected chi connectivity index (χ0v) is 15.4. The van der Waals surface area contributed by atoms with E-state index >= 15 is 0 Å². The Labute approximate surface area is 152 Å². The molecular weight excluding hydrogens is 352 g/mol. The van der Waals surface area contributed by atoms with Gasteiger partial charge in [0.25, 0.3) is 5.91 Å². The van der Waals surface area contributed by atoms with Gasteiger partial charge in [0, 0.05) is 17.4 Å². The largest absolute Gasteiger partial charge is 0.506 e. The number of para-hydroxylation sites is 1. The van der Waals surface area contributed by atoms with E-state index in [1.54, 1.807) is 13.0 Å². The molecule has 1 amide bonds. The summed E-state index contributed by atoms with van der Waals surface area (Å²) in [6.07, 6.45) is 0. The summed E-state index contributed by atoms with van der Waals surface area (Å²) >= 11 is 0. The Morgan fingerprint density at radius 2 is 1.85 bits per heavy atom. The zero-order chi connectivity index (χ0) is 18.9. The summed E-state index contributed by atoms with van der Waals surface area (Å²) in [5, 5.41) is 13.6. The Kier molecular flexibility index (Phi) is 4.73. The number of aryl methyl sites for hydroxylation is 1. The molecule has 6 nitrogen and oxygen atoms in total. The van der Waals surface area contributed by atoms with Gasteiger partial charge in [0.05, 0.1) is 16.3 Å². The quantitative estimate of drug-likeness (QED) is 0.672. The number of nitrogens with zero attached hydrogens (tertiary/aromatic N) is 1. The van der Waals surface area contributed by atoms with Gasteiger partial charge in [-0.2, -0.15) is 0 Å².